The molecule has 0 radical (unpaired) electrons. The summed E-state index contributed by atoms with van der Waals surface area (Å²) in [5.74, 6) is -6.48. The number of halogens is 1. The number of hydrogen-bond acceptors (Lipinski definition) is 9. The quantitative estimate of drug-likeness (QED) is 0.145. The Kier molecular flexibility index (Phi) is 12.2. The first-order valence-electron chi connectivity index (χ1n) is 18.3. The van der Waals surface area contributed by atoms with Crippen molar-refractivity contribution in [2.75, 3.05) is 6.61 Å². The lowest BCUT2D eigenvalue weighted by Gasteiger charge is -2.62. The molecule has 0 aromatic heterocycles. The molecule has 9 atom stereocenters. The van der Waals surface area contributed by atoms with Gasteiger partial charge in [-0.05, 0) is 63.5 Å². The van der Waals surface area contributed by atoms with E-state index < -0.39 is 94.6 Å². The number of rotatable bonds is 16. The Morgan fingerprint density at radius 2 is 1.72 bits per heavy atom. The fraction of sp³-hybridized carbons (Fsp3) is 0.737. The van der Waals surface area contributed by atoms with Gasteiger partial charge in [-0.1, -0.05) is 65.0 Å². The van der Waals surface area contributed by atoms with Crippen LogP contribution in [-0.2, 0) is 38.2 Å². The van der Waals surface area contributed by atoms with Gasteiger partial charge in [-0.15, -0.1) is 0 Å². The van der Waals surface area contributed by atoms with Gasteiger partial charge in [0.2, 0.25) is 11.7 Å². The van der Waals surface area contributed by atoms with Crippen molar-refractivity contribution in [1.29, 1.82) is 0 Å². The van der Waals surface area contributed by atoms with Crippen LogP contribution in [0.1, 0.15) is 118 Å². The Morgan fingerprint density at radius 1 is 1.02 bits per heavy atom. The molecule has 11 nitrogen and oxygen atoms in total. The highest BCUT2D eigenvalue weighted by Gasteiger charge is 2.77. The summed E-state index contributed by atoms with van der Waals surface area (Å²) in [6.45, 7) is 8.26. The van der Waals surface area contributed by atoms with Gasteiger partial charge in [0.05, 0.1) is 12.5 Å². The van der Waals surface area contributed by atoms with Gasteiger partial charge < -0.3 is 25.0 Å². The van der Waals surface area contributed by atoms with Crippen molar-refractivity contribution in [2.24, 2.45) is 28.6 Å². The number of carbonyl (C=O) groups excluding carboxylic acids is 5. The molecule has 278 valence electrons. The van der Waals surface area contributed by atoms with Gasteiger partial charge in [0.1, 0.15) is 6.04 Å². The number of carboxylic acids is 1. The third kappa shape index (κ3) is 6.93. The molecule has 3 N–H and O–H groups in total. The van der Waals surface area contributed by atoms with Crippen LogP contribution >= 0.6 is 0 Å². The molecule has 4 aliphatic rings. The summed E-state index contributed by atoms with van der Waals surface area (Å²) in [6.07, 6.45) is 7.45. The number of ketones is 2. The topological polar surface area (TPSA) is 173 Å². The zero-order valence-electron chi connectivity index (χ0n) is 30.1. The Hall–Kier alpha value is -3.41. The molecule has 0 aromatic carbocycles. The second-order valence-corrected chi connectivity index (χ2v) is 15.3. The second kappa shape index (κ2) is 15.5. The third-order valence-corrected chi connectivity index (χ3v) is 12.2. The number of Topliss-reactive ketones (excluding diaryl/α,β-unsaturated/α-hetero) is 1. The van der Waals surface area contributed by atoms with E-state index in [1.165, 1.54) is 12.2 Å². The largest absolute Gasteiger partial charge is 0.480 e. The maximum Gasteiger partial charge on any atom is 0.326 e. The molecule has 9 unspecified atom stereocenters. The number of fused-ring (bicyclic) bond motifs is 5. The number of amides is 1. The van der Waals surface area contributed by atoms with E-state index in [1.54, 1.807) is 26.8 Å². The van der Waals surface area contributed by atoms with Gasteiger partial charge in [0.15, 0.2) is 23.7 Å². The summed E-state index contributed by atoms with van der Waals surface area (Å²) in [5, 5.41) is 23.8. The lowest BCUT2D eigenvalue weighted by Crippen LogP contribution is -2.70. The van der Waals surface area contributed by atoms with Crippen LogP contribution in [-0.4, -0.2) is 75.6 Å². The number of aliphatic carboxylic acids is 1. The van der Waals surface area contributed by atoms with E-state index >= 15 is 4.39 Å². The molecule has 0 aromatic rings. The predicted molar refractivity (Wildman–Crippen MR) is 180 cm³/mol. The lowest BCUT2D eigenvalue weighted by atomic mass is 9.44. The van der Waals surface area contributed by atoms with Crippen LogP contribution in [0.5, 0.6) is 0 Å². The van der Waals surface area contributed by atoms with Crippen LogP contribution in [0.15, 0.2) is 23.8 Å². The Morgan fingerprint density at radius 3 is 2.38 bits per heavy atom. The number of aliphatic hydroxyl groups excluding tert-OH is 1. The third-order valence-electron chi connectivity index (χ3n) is 12.2. The SMILES string of the molecule is CCCCCCC(=O)NC(CC(=O)OCC(=O)C1(OC(=O)CCCC)C(C)CC2C3CCC4=CC(=O)C=CC4(C)C3(F)C(O)CC21C)C(=O)O. The maximum atomic E-state index is 17.7. The van der Waals surface area contributed by atoms with Crippen molar-refractivity contribution >= 4 is 35.4 Å². The zero-order valence-corrected chi connectivity index (χ0v) is 30.1. The van der Waals surface area contributed by atoms with E-state index in [0.717, 1.165) is 19.3 Å². The summed E-state index contributed by atoms with van der Waals surface area (Å²) in [4.78, 5) is 77.1. The Bertz CT molecular complexity index is 1430. The summed E-state index contributed by atoms with van der Waals surface area (Å²) in [7, 11) is 0. The van der Waals surface area contributed by atoms with Crippen LogP contribution in [0.25, 0.3) is 0 Å². The highest BCUT2D eigenvalue weighted by molar-refractivity contribution is 6.01. The van der Waals surface area contributed by atoms with E-state index in [1.807, 2.05) is 13.8 Å². The first kappa shape index (κ1) is 39.4. The van der Waals surface area contributed by atoms with E-state index in [-0.39, 0.29) is 25.0 Å². The van der Waals surface area contributed by atoms with Gasteiger partial charge in [0.25, 0.3) is 0 Å². The number of carboxylic acid groups (broad SMARTS) is 1. The molecule has 4 aliphatic carbocycles. The van der Waals surface area contributed by atoms with Crippen LogP contribution < -0.4 is 5.32 Å². The van der Waals surface area contributed by atoms with Crippen LogP contribution in [0.2, 0.25) is 0 Å². The van der Waals surface area contributed by atoms with Crippen molar-refractivity contribution in [3.63, 3.8) is 0 Å². The highest BCUT2D eigenvalue weighted by atomic mass is 19.1. The molecule has 4 rings (SSSR count). The Balaban J connectivity index is 1.59. The average molecular weight is 704 g/mol. The van der Waals surface area contributed by atoms with E-state index in [4.69, 9.17) is 9.47 Å². The molecule has 1 amide bonds. The number of aliphatic hydroxyl groups is 1. The van der Waals surface area contributed by atoms with Gasteiger partial charge in [-0.3, -0.25) is 24.0 Å². The van der Waals surface area contributed by atoms with Gasteiger partial charge in [-0.2, -0.15) is 0 Å². The molecule has 50 heavy (non-hydrogen) atoms. The van der Waals surface area contributed by atoms with Crippen LogP contribution in [0, 0.1) is 28.6 Å². The molecular formula is C38H54FNO10. The number of hydrogen-bond donors (Lipinski definition) is 3. The van der Waals surface area contributed by atoms with E-state index in [0.29, 0.717) is 44.1 Å². The molecule has 0 bridgehead atoms. The van der Waals surface area contributed by atoms with Gasteiger partial charge >= 0.3 is 17.9 Å². The minimum Gasteiger partial charge on any atom is -0.480 e. The molecule has 3 saturated carbocycles. The zero-order chi connectivity index (χ0) is 37.1. The van der Waals surface area contributed by atoms with Crippen LogP contribution in [0.4, 0.5) is 4.39 Å². The fourth-order valence-corrected chi connectivity index (χ4v) is 9.61. The molecule has 0 aliphatic heterocycles. The van der Waals surface area contributed by atoms with E-state index in [9.17, 15) is 39.0 Å². The monoisotopic (exact) mass is 703 g/mol. The number of allylic oxidation sites excluding steroid dienone is 4. The summed E-state index contributed by atoms with van der Waals surface area (Å²) in [5.41, 5.74) is -5.92. The fourth-order valence-electron chi connectivity index (χ4n) is 9.61. The highest BCUT2D eigenvalue weighted by Crippen LogP contribution is 2.71. The smallest absolute Gasteiger partial charge is 0.326 e. The van der Waals surface area contributed by atoms with Crippen molar-refractivity contribution in [3.8, 4) is 0 Å². The lowest BCUT2D eigenvalue weighted by molar-refractivity contribution is -0.228. The van der Waals surface area contributed by atoms with Crippen molar-refractivity contribution in [3.05, 3.63) is 23.8 Å². The maximum absolute atomic E-state index is 17.7. The standard InChI is InChI=1S/C38H54FNO10/c1-6-8-10-11-12-31(44)40-28(34(47)48)20-33(46)49-22-30(43)38(50-32(45)13-9-7-2)23(3)18-27-26-15-14-24-19-25(41)16-17-35(24,4)37(26,39)29(42)21-36(27,38)5/h16-17,19,23,26-29,42H,6-15,18,20-22H2,1-5H3,(H,40,44)(H,47,48). The summed E-state index contributed by atoms with van der Waals surface area (Å²) in [6, 6.07) is -1.56. The number of nitrogens with one attached hydrogen (secondary N) is 1. The molecule has 3 fully saturated rings. The first-order chi connectivity index (χ1) is 23.5. The second-order valence-electron chi connectivity index (χ2n) is 15.3. The minimum atomic E-state index is -2.16. The van der Waals surface area contributed by atoms with Crippen molar-refractivity contribution in [2.45, 2.75) is 142 Å². The number of alkyl halides is 1. The van der Waals surface area contributed by atoms with Crippen LogP contribution in [0.3, 0.4) is 0 Å². The number of esters is 2. The normalized spacial score (nSPS) is 34.8. The molecular weight excluding hydrogens is 649 g/mol. The molecule has 12 heteroatoms. The average Bonchev–Trinajstić information content (AvgIpc) is 3.27. The minimum absolute atomic E-state index is 0.0291. The summed E-state index contributed by atoms with van der Waals surface area (Å²) >= 11 is 0. The summed E-state index contributed by atoms with van der Waals surface area (Å²) < 4.78 is 29.2. The Labute approximate surface area is 293 Å². The van der Waals surface area contributed by atoms with Crippen molar-refractivity contribution in [1.82, 2.24) is 5.32 Å². The van der Waals surface area contributed by atoms with Gasteiger partial charge in [0, 0.05) is 35.5 Å². The number of ether oxygens (including phenoxy) is 2. The molecule has 0 spiro atoms. The predicted octanol–water partition coefficient (Wildman–Crippen LogP) is 5.12. The van der Waals surface area contributed by atoms with Gasteiger partial charge in [-0.25, -0.2) is 9.18 Å². The first-order valence-corrected chi connectivity index (χ1v) is 18.3. The molecule has 0 heterocycles. The number of unbranched alkanes of at least 4 members (excludes halogenated alkanes) is 4. The molecule has 0 saturated heterocycles. The van der Waals surface area contributed by atoms with E-state index in [2.05, 4.69) is 5.32 Å². The van der Waals surface area contributed by atoms with Crippen molar-refractivity contribution < 1.29 is 52.8 Å². The number of carbonyl (C=O) groups is 6.